The normalized spacial score (nSPS) is 11.4. The summed E-state index contributed by atoms with van der Waals surface area (Å²) in [6.45, 7) is 5.57. The number of carbonyl (C=O) groups excluding carboxylic acids is 1. The van der Waals surface area contributed by atoms with Crippen molar-refractivity contribution in [2.75, 3.05) is 0 Å². The van der Waals surface area contributed by atoms with E-state index in [0.29, 0.717) is 16.4 Å². The molecule has 5 nitrogen and oxygen atoms in total. The molecule has 0 bridgehead atoms. The van der Waals surface area contributed by atoms with Crippen molar-refractivity contribution in [3.8, 4) is 0 Å². The highest BCUT2D eigenvalue weighted by molar-refractivity contribution is 6.31. The van der Waals surface area contributed by atoms with Crippen molar-refractivity contribution < 1.29 is 4.79 Å². The second-order valence-electron chi connectivity index (χ2n) is 4.88. The predicted octanol–water partition coefficient (Wildman–Crippen LogP) is 2.43. The first-order chi connectivity index (χ1) is 8.90. The number of amides is 1. The molecule has 2 rings (SSSR count). The monoisotopic (exact) mass is 278 g/mol. The lowest BCUT2D eigenvalue weighted by Crippen LogP contribution is -2.41. The minimum absolute atomic E-state index is 0.179. The molecule has 0 saturated heterocycles. The largest absolute Gasteiger partial charge is 0.340 e. The van der Waals surface area contributed by atoms with Gasteiger partial charge in [0.2, 0.25) is 0 Å². The maximum Gasteiger partial charge on any atom is 0.252 e. The zero-order chi connectivity index (χ0) is 14.0. The fourth-order valence-corrected chi connectivity index (χ4v) is 1.83. The molecule has 2 N–H and O–H groups in total. The Morgan fingerprint density at radius 1 is 1.42 bits per heavy atom. The zero-order valence-corrected chi connectivity index (χ0v) is 11.7. The second-order valence-corrected chi connectivity index (χ2v) is 5.28. The number of hydrogen-bond donors (Lipinski definition) is 2. The summed E-state index contributed by atoms with van der Waals surface area (Å²) in [4.78, 5) is 16.3. The molecular formula is C13H15ClN4O. The van der Waals surface area contributed by atoms with Gasteiger partial charge < -0.3 is 5.32 Å². The van der Waals surface area contributed by atoms with Gasteiger partial charge in [0.05, 0.1) is 5.54 Å². The lowest BCUT2D eigenvalue weighted by atomic mass is 10.0. The number of H-pyrrole nitrogens is 1. The number of aromatic amines is 1. The summed E-state index contributed by atoms with van der Waals surface area (Å²) in [5, 5.41) is 10.1. The predicted molar refractivity (Wildman–Crippen MR) is 73.1 cm³/mol. The van der Waals surface area contributed by atoms with E-state index < -0.39 is 5.54 Å². The Morgan fingerprint density at radius 3 is 2.74 bits per heavy atom. The molecule has 0 spiro atoms. The molecule has 0 radical (unpaired) electrons. The van der Waals surface area contributed by atoms with Gasteiger partial charge in [-0.3, -0.25) is 9.89 Å². The SMILES string of the molecule is Cc1cc(C(=O)NC(C)(C)c2ncn[nH]2)ccc1Cl. The molecule has 19 heavy (non-hydrogen) atoms. The second kappa shape index (κ2) is 5.01. The smallest absolute Gasteiger partial charge is 0.252 e. The molecule has 0 aliphatic carbocycles. The third kappa shape index (κ3) is 2.93. The van der Waals surface area contributed by atoms with Gasteiger partial charge in [0.15, 0.2) is 0 Å². The van der Waals surface area contributed by atoms with E-state index in [-0.39, 0.29) is 5.91 Å². The average molecular weight is 279 g/mol. The van der Waals surface area contributed by atoms with Crippen LogP contribution in [-0.4, -0.2) is 21.1 Å². The molecule has 0 aliphatic heterocycles. The van der Waals surface area contributed by atoms with Crippen LogP contribution in [0.15, 0.2) is 24.5 Å². The molecule has 0 atom stereocenters. The summed E-state index contributed by atoms with van der Waals surface area (Å²) < 4.78 is 0. The highest BCUT2D eigenvalue weighted by Crippen LogP contribution is 2.19. The number of halogens is 1. The van der Waals surface area contributed by atoms with E-state index in [1.54, 1.807) is 18.2 Å². The summed E-state index contributed by atoms with van der Waals surface area (Å²) in [6, 6.07) is 5.17. The van der Waals surface area contributed by atoms with Crippen molar-refractivity contribution in [3.63, 3.8) is 0 Å². The Balaban J connectivity index is 2.19. The van der Waals surface area contributed by atoms with Crippen LogP contribution < -0.4 is 5.32 Å². The maximum atomic E-state index is 12.2. The fraction of sp³-hybridized carbons (Fsp3) is 0.308. The van der Waals surface area contributed by atoms with E-state index in [2.05, 4.69) is 20.5 Å². The van der Waals surface area contributed by atoms with Gasteiger partial charge in [-0.2, -0.15) is 5.10 Å². The third-order valence-electron chi connectivity index (χ3n) is 2.85. The zero-order valence-electron chi connectivity index (χ0n) is 11.0. The van der Waals surface area contributed by atoms with Crippen LogP contribution in [0.5, 0.6) is 0 Å². The lowest BCUT2D eigenvalue weighted by Gasteiger charge is -2.23. The number of aromatic nitrogens is 3. The topological polar surface area (TPSA) is 70.7 Å². The van der Waals surface area contributed by atoms with Gasteiger partial charge in [-0.05, 0) is 44.5 Å². The molecule has 1 amide bonds. The first-order valence-corrected chi connectivity index (χ1v) is 6.22. The number of nitrogens with zero attached hydrogens (tertiary/aromatic N) is 2. The van der Waals surface area contributed by atoms with Crippen LogP contribution in [0.3, 0.4) is 0 Å². The Bertz CT molecular complexity index is 593. The molecule has 100 valence electrons. The molecule has 0 fully saturated rings. The van der Waals surface area contributed by atoms with Crippen molar-refractivity contribution >= 4 is 17.5 Å². The van der Waals surface area contributed by atoms with Gasteiger partial charge in [0.1, 0.15) is 12.2 Å². The Kier molecular flexibility index (Phi) is 3.57. The number of nitrogens with one attached hydrogen (secondary N) is 2. The first-order valence-electron chi connectivity index (χ1n) is 5.84. The van der Waals surface area contributed by atoms with Crippen LogP contribution >= 0.6 is 11.6 Å². The Hall–Kier alpha value is -1.88. The van der Waals surface area contributed by atoms with Crippen molar-refractivity contribution in [2.45, 2.75) is 26.3 Å². The molecular weight excluding hydrogens is 264 g/mol. The fourth-order valence-electron chi connectivity index (χ4n) is 1.71. The third-order valence-corrected chi connectivity index (χ3v) is 3.28. The van der Waals surface area contributed by atoms with Crippen molar-refractivity contribution in [2.24, 2.45) is 0 Å². The number of hydrogen-bond acceptors (Lipinski definition) is 3. The van der Waals surface area contributed by atoms with Crippen LogP contribution in [0.4, 0.5) is 0 Å². The number of aryl methyl sites for hydroxylation is 1. The Labute approximate surface area is 116 Å². The minimum atomic E-state index is -0.624. The van der Waals surface area contributed by atoms with Crippen LogP contribution in [0.25, 0.3) is 0 Å². The minimum Gasteiger partial charge on any atom is -0.340 e. The van der Waals surface area contributed by atoms with E-state index in [1.807, 2.05) is 20.8 Å². The molecule has 0 saturated carbocycles. The van der Waals surface area contributed by atoms with E-state index in [1.165, 1.54) is 6.33 Å². The Morgan fingerprint density at radius 2 is 2.16 bits per heavy atom. The summed E-state index contributed by atoms with van der Waals surface area (Å²) in [6.07, 6.45) is 1.41. The van der Waals surface area contributed by atoms with E-state index in [9.17, 15) is 4.79 Å². The van der Waals surface area contributed by atoms with Gasteiger partial charge in [-0.15, -0.1) is 0 Å². The molecule has 6 heteroatoms. The average Bonchev–Trinajstić information content (AvgIpc) is 2.86. The van der Waals surface area contributed by atoms with E-state index in [4.69, 9.17) is 11.6 Å². The molecule has 1 heterocycles. The summed E-state index contributed by atoms with van der Waals surface area (Å²) in [5.41, 5.74) is 0.808. The van der Waals surface area contributed by atoms with Gasteiger partial charge in [0, 0.05) is 10.6 Å². The number of rotatable bonds is 3. The summed E-state index contributed by atoms with van der Waals surface area (Å²) in [5.74, 6) is 0.424. The number of carbonyl (C=O) groups is 1. The van der Waals surface area contributed by atoms with E-state index >= 15 is 0 Å². The molecule has 0 aliphatic rings. The van der Waals surface area contributed by atoms with Crippen molar-refractivity contribution in [1.82, 2.24) is 20.5 Å². The molecule has 2 aromatic rings. The van der Waals surface area contributed by atoms with Crippen LogP contribution in [0, 0.1) is 6.92 Å². The maximum absolute atomic E-state index is 12.2. The van der Waals surface area contributed by atoms with Gasteiger partial charge in [0.25, 0.3) is 5.91 Å². The lowest BCUT2D eigenvalue weighted by molar-refractivity contribution is 0.0908. The van der Waals surface area contributed by atoms with Crippen molar-refractivity contribution in [1.29, 1.82) is 0 Å². The highest BCUT2D eigenvalue weighted by Gasteiger charge is 2.26. The van der Waals surface area contributed by atoms with Crippen LogP contribution in [0.1, 0.15) is 35.6 Å². The van der Waals surface area contributed by atoms with Gasteiger partial charge in [-0.1, -0.05) is 11.6 Å². The highest BCUT2D eigenvalue weighted by atomic mass is 35.5. The van der Waals surface area contributed by atoms with E-state index in [0.717, 1.165) is 5.56 Å². The quantitative estimate of drug-likeness (QED) is 0.906. The molecule has 0 unspecified atom stereocenters. The van der Waals surface area contributed by atoms with Crippen LogP contribution in [0.2, 0.25) is 5.02 Å². The molecule has 1 aromatic carbocycles. The standard InChI is InChI=1S/C13H15ClN4O/c1-8-6-9(4-5-10(8)14)11(19)17-13(2,3)12-15-7-16-18-12/h4-7H,1-3H3,(H,17,19)(H,15,16,18). The van der Waals surface area contributed by atoms with Crippen molar-refractivity contribution in [3.05, 3.63) is 46.5 Å². The first kappa shape index (κ1) is 13.5. The summed E-state index contributed by atoms with van der Waals surface area (Å²) >= 11 is 5.94. The van der Waals surface area contributed by atoms with Gasteiger partial charge in [-0.25, -0.2) is 4.98 Å². The summed E-state index contributed by atoms with van der Waals surface area (Å²) in [7, 11) is 0. The van der Waals surface area contributed by atoms with Gasteiger partial charge >= 0.3 is 0 Å². The molecule has 1 aromatic heterocycles. The van der Waals surface area contributed by atoms with Crippen LogP contribution in [-0.2, 0) is 5.54 Å². The number of benzene rings is 1.